The standard InChI is InChI=1S/C16H17FN4O2S/c17-13-9-11(18)3-4-14(13)23-12-5-6-19-15(10-12)20-16(22)24-21-7-1-2-8-21/h3-6,9-10H,1-2,7-8,18H2,(H,19,20,22). The molecule has 1 saturated heterocycles. The van der Waals surface area contributed by atoms with Crippen LogP contribution in [-0.4, -0.2) is 27.6 Å². The van der Waals surface area contributed by atoms with Crippen molar-refractivity contribution < 1.29 is 13.9 Å². The molecule has 0 saturated carbocycles. The summed E-state index contributed by atoms with van der Waals surface area (Å²) < 4.78 is 21.3. The zero-order valence-electron chi connectivity index (χ0n) is 12.9. The van der Waals surface area contributed by atoms with Crippen LogP contribution in [0.5, 0.6) is 11.5 Å². The molecule has 1 aromatic carbocycles. The molecule has 0 bridgehead atoms. The molecule has 1 amide bonds. The number of nitrogens with two attached hydrogens (primary N) is 1. The summed E-state index contributed by atoms with van der Waals surface area (Å²) in [6.07, 6.45) is 3.70. The van der Waals surface area contributed by atoms with Crippen molar-refractivity contribution >= 4 is 28.7 Å². The lowest BCUT2D eigenvalue weighted by Crippen LogP contribution is -2.17. The molecule has 1 aromatic heterocycles. The van der Waals surface area contributed by atoms with Gasteiger partial charge in [-0.2, -0.15) is 0 Å². The van der Waals surface area contributed by atoms with Crippen molar-refractivity contribution in [3.63, 3.8) is 0 Å². The number of ether oxygens (including phenoxy) is 1. The number of rotatable bonds is 4. The third kappa shape index (κ3) is 4.36. The normalized spacial score (nSPS) is 14.5. The van der Waals surface area contributed by atoms with Crippen LogP contribution in [0.15, 0.2) is 36.5 Å². The minimum atomic E-state index is -0.554. The number of hydrogen-bond donors (Lipinski definition) is 2. The number of nitrogen functional groups attached to an aromatic ring is 1. The van der Waals surface area contributed by atoms with Gasteiger partial charge in [0.25, 0.3) is 5.24 Å². The van der Waals surface area contributed by atoms with Crippen molar-refractivity contribution in [1.82, 2.24) is 9.29 Å². The van der Waals surface area contributed by atoms with E-state index in [4.69, 9.17) is 10.5 Å². The van der Waals surface area contributed by atoms with Crippen LogP contribution in [0.1, 0.15) is 12.8 Å². The number of pyridine rings is 1. The first-order valence-electron chi connectivity index (χ1n) is 7.53. The molecule has 1 aliphatic heterocycles. The van der Waals surface area contributed by atoms with Crippen molar-refractivity contribution in [2.45, 2.75) is 12.8 Å². The molecule has 6 nitrogen and oxygen atoms in total. The van der Waals surface area contributed by atoms with E-state index in [2.05, 4.69) is 10.3 Å². The average Bonchev–Trinajstić information content (AvgIpc) is 3.03. The first-order chi connectivity index (χ1) is 11.6. The second kappa shape index (κ2) is 7.50. The van der Waals surface area contributed by atoms with Crippen molar-refractivity contribution in [2.75, 3.05) is 24.1 Å². The highest BCUT2D eigenvalue weighted by Gasteiger charge is 2.16. The summed E-state index contributed by atoms with van der Waals surface area (Å²) in [6.45, 7) is 1.82. The van der Waals surface area contributed by atoms with Crippen molar-refractivity contribution in [3.05, 3.63) is 42.3 Å². The number of halogens is 1. The summed E-state index contributed by atoms with van der Waals surface area (Å²) in [6, 6.07) is 7.31. The molecule has 1 fully saturated rings. The Kier molecular flexibility index (Phi) is 5.17. The molecule has 24 heavy (non-hydrogen) atoms. The average molecular weight is 348 g/mol. The Balaban J connectivity index is 1.64. The Morgan fingerprint density at radius 2 is 2.08 bits per heavy atom. The van der Waals surface area contributed by atoms with E-state index in [9.17, 15) is 9.18 Å². The second-order valence-electron chi connectivity index (χ2n) is 5.31. The third-order valence-corrected chi connectivity index (χ3v) is 4.31. The number of carbonyl (C=O) groups is 1. The van der Waals surface area contributed by atoms with Gasteiger partial charge in [0.2, 0.25) is 0 Å². The number of hydrogen-bond acceptors (Lipinski definition) is 6. The molecule has 0 unspecified atom stereocenters. The number of amides is 1. The van der Waals surface area contributed by atoms with Gasteiger partial charge in [-0.1, -0.05) is 0 Å². The third-order valence-electron chi connectivity index (χ3n) is 3.42. The van der Waals surface area contributed by atoms with E-state index < -0.39 is 5.82 Å². The maximum atomic E-state index is 13.8. The number of anilines is 2. The molecule has 1 aliphatic rings. The topological polar surface area (TPSA) is 80.5 Å². The van der Waals surface area contributed by atoms with Crippen LogP contribution in [0.3, 0.4) is 0 Å². The summed E-state index contributed by atoms with van der Waals surface area (Å²) in [4.78, 5) is 16.1. The molecule has 8 heteroatoms. The zero-order chi connectivity index (χ0) is 16.9. The zero-order valence-corrected chi connectivity index (χ0v) is 13.7. The molecule has 0 atom stereocenters. The van der Waals surface area contributed by atoms with Gasteiger partial charge in [-0.15, -0.1) is 0 Å². The fourth-order valence-corrected chi connectivity index (χ4v) is 3.12. The van der Waals surface area contributed by atoms with Gasteiger partial charge < -0.3 is 15.8 Å². The van der Waals surface area contributed by atoms with Crippen molar-refractivity contribution in [1.29, 1.82) is 0 Å². The molecular weight excluding hydrogens is 331 g/mol. The molecule has 126 valence electrons. The Bertz CT molecular complexity index is 738. The monoisotopic (exact) mass is 348 g/mol. The van der Waals surface area contributed by atoms with Gasteiger partial charge in [0.1, 0.15) is 11.6 Å². The quantitative estimate of drug-likeness (QED) is 0.645. The summed E-state index contributed by atoms with van der Waals surface area (Å²) in [7, 11) is 0. The largest absolute Gasteiger partial charge is 0.454 e. The molecular formula is C16H17FN4O2S. The Morgan fingerprint density at radius 3 is 2.83 bits per heavy atom. The summed E-state index contributed by atoms with van der Waals surface area (Å²) in [5.74, 6) is 0.219. The highest BCUT2D eigenvalue weighted by atomic mass is 32.2. The Labute approximate surface area is 143 Å². The molecule has 0 spiro atoms. The number of carbonyl (C=O) groups excluding carboxylic acids is 1. The van der Waals surface area contributed by atoms with E-state index >= 15 is 0 Å². The van der Waals surface area contributed by atoms with E-state index in [1.807, 2.05) is 4.31 Å². The molecule has 0 aliphatic carbocycles. The molecule has 2 heterocycles. The van der Waals surface area contributed by atoms with Crippen molar-refractivity contribution in [2.24, 2.45) is 0 Å². The summed E-state index contributed by atoms with van der Waals surface area (Å²) in [5, 5.41) is 2.49. The SMILES string of the molecule is Nc1ccc(Oc2ccnc(NC(=O)SN3CCCC3)c2)c(F)c1. The van der Waals surface area contributed by atoms with Gasteiger partial charge in [0.05, 0.1) is 0 Å². The predicted molar refractivity (Wildman–Crippen MR) is 92.5 cm³/mol. The van der Waals surface area contributed by atoms with Crippen LogP contribution in [0, 0.1) is 5.82 Å². The van der Waals surface area contributed by atoms with Crippen LogP contribution in [0.4, 0.5) is 20.7 Å². The second-order valence-corrected chi connectivity index (χ2v) is 6.38. The maximum absolute atomic E-state index is 13.8. The van der Waals surface area contributed by atoms with Gasteiger partial charge in [0.15, 0.2) is 11.6 Å². The van der Waals surface area contributed by atoms with Crippen LogP contribution >= 0.6 is 11.9 Å². The lowest BCUT2D eigenvalue weighted by Gasteiger charge is -2.12. The van der Waals surface area contributed by atoms with Crippen LogP contribution in [0.2, 0.25) is 0 Å². The van der Waals surface area contributed by atoms with Gasteiger partial charge >= 0.3 is 0 Å². The number of nitrogens with one attached hydrogen (secondary N) is 1. The predicted octanol–water partition coefficient (Wildman–Crippen LogP) is 3.87. The van der Waals surface area contributed by atoms with Crippen LogP contribution < -0.4 is 15.8 Å². The smallest absolute Gasteiger partial charge is 0.299 e. The number of nitrogens with zero attached hydrogens (tertiary/aromatic N) is 2. The van der Waals surface area contributed by atoms with Gasteiger partial charge in [0, 0.05) is 49.1 Å². The maximum Gasteiger partial charge on any atom is 0.299 e. The fourth-order valence-electron chi connectivity index (χ4n) is 2.29. The highest BCUT2D eigenvalue weighted by molar-refractivity contribution is 8.11. The molecule has 2 aromatic rings. The number of aromatic nitrogens is 1. The minimum absolute atomic E-state index is 0.0547. The molecule has 3 rings (SSSR count). The van der Waals surface area contributed by atoms with E-state index in [0.29, 0.717) is 17.3 Å². The van der Waals surface area contributed by atoms with Crippen molar-refractivity contribution in [3.8, 4) is 11.5 Å². The van der Waals surface area contributed by atoms with Gasteiger partial charge in [-0.25, -0.2) is 13.7 Å². The van der Waals surface area contributed by atoms with Crippen LogP contribution in [0.25, 0.3) is 0 Å². The summed E-state index contributed by atoms with van der Waals surface area (Å²) >= 11 is 1.14. The highest BCUT2D eigenvalue weighted by Crippen LogP contribution is 2.27. The Morgan fingerprint density at radius 1 is 1.29 bits per heavy atom. The van der Waals surface area contributed by atoms with Gasteiger partial charge in [-0.05, 0) is 31.0 Å². The van der Waals surface area contributed by atoms with Gasteiger partial charge in [-0.3, -0.25) is 4.79 Å². The first-order valence-corrected chi connectivity index (χ1v) is 8.30. The molecule has 0 radical (unpaired) electrons. The summed E-state index contributed by atoms with van der Waals surface area (Å²) in [5.41, 5.74) is 5.83. The lowest BCUT2D eigenvalue weighted by atomic mass is 10.3. The first kappa shape index (κ1) is 16.5. The minimum Gasteiger partial charge on any atom is -0.454 e. The lowest BCUT2D eigenvalue weighted by molar-refractivity contribution is 0.269. The Hall–Kier alpha value is -2.32. The molecule has 3 N–H and O–H groups in total. The number of benzene rings is 1. The van der Waals surface area contributed by atoms with E-state index in [-0.39, 0.29) is 11.0 Å². The fraction of sp³-hybridized carbons (Fsp3) is 0.250. The van der Waals surface area contributed by atoms with Crippen LogP contribution in [-0.2, 0) is 0 Å². The van der Waals surface area contributed by atoms with E-state index in [1.54, 1.807) is 12.1 Å². The van der Waals surface area contributed by atoms with E-state index in [1.165, 1.54) is 24.4 Å². The van der Waals surface area contributed by atoms with E-state index in [0.717, 1.165) is 37.9 Å².